The normalized spacial score (nSPS) is 11.1. The molecule has 0 aliphatic carbocycles. The highest BCUT2D eigenvalue weighted by Crippen LogP contribution is 2.22. The Labute approximate surface area is 153 Å². The van der Waals surface area contributed by atoms with E-state index < -0.39 is 5.97 Å². The lowest BCUT2D eigenvalue weighted by Crippen LogP contribution is -2.22. The standard InChI is InChI=1S/C20H13BrN2O2/c21-17-8-6-14(7-9-17)16(13-22)12-19-5-2-10-23(19)18-4-1-3-15(11-18)20(24)25/h1-12H,(H,24,25)/p-1/b16-12+. The number of carbonyl (C=O) groups excluding carboxylic acids is 1. The number of aromatic carboxylic acids is 1. The molecular formula is C20H12BrN2O2-. The minimum Gasteiger partial charge on any atom is -0.545 e. The van der Waals surface area contributed by atoms with E-state index in [1.807, 2.05) is 47.2 Å². The van der Waals surface area contributed by atoms with Crippen molar-refractivity contribution >= 4 is 33.5 Å². The third-order valence-electron chi connectivity index (χ3n) is 3.71. The number of carboxylic acids is 1. The van der Waals surface area contributed by atoms with Gasteiger partial charge >= 0.3 is 0 Å². The van der Waals surface area contributed by atoms with E-state index in [0.717, 1.165) is 15.7 Å². The lowest BCUT2D eigenvalue weighted by atomic mass is 10.1. The Bertz CT molecular complexity index is 995. The maximum atomic E-state index is 11.1. The first-order valence-electron chi connectivity index (χ1n) is 7.45. The van der Waals surface area contributed by atoms with Gasteiger partial charge in [-0.1, -0.05) is 40.2 Å². The first-order chi connectivity index (χ1) is 12.1. The van der Waals surface area contributed by atoms with E-state index in [2.05, 4.69) is 22.0 Å². The zero-order chi connectivity index (χ0) is 17.8. The Morgan fingerprint density at radius 3 is 2.52 bits per heavy atom. The number of rotatable bonds is 4. The second-order valence-corrected chi connectivity index (χ2v) is 6.23. The summed E-state index contributed by atoms with van der Waals surface area (Å²) in [5, 5.41) is 20.6. The predicted molar refractivity (Wildman–Crippen MR) is 97.7 cm³/mol. The van der Waals surface area contributed by atoms with E-state index in [0.29, 0.717) is 11.3 Å². The topological polar surface area (TPSA) is 68.8 Å². The summed E-state index contributed by atoms with van der Waals surface area (Å²) in [5.41, 5.74) is 2.89. The van der Waals surface area contributed by atoms with Gasteiger partial charge in [0.05, 0.1) is 17.6 Å². The molecule has 5 heteroatoms. The lowest BCUT2D eigenvalue weighted by Gasteiger charge is -2.10. The number of allylic oxidation sites excluding steroid dienone is 1. The van der Waals surface area contributed by atoms with Gasteiger partial charge in [0.1, 0.15) is 0 Å². The molecule has 0 spiro atoms. The van der Waals surface area contributed by atoms with Gasteiger partial charge in [-0.05, 0) is 53.6 Å². The highest BCUT2D eigenvalue weighted by molar-refractivity contribution is 9.10. The summed E-state index contributed by atoms with van der Waals surface area (Å²) >= 11 is 3.38. The summed E-state index contributed by atoms with van der Waals surface area (Å²) in [6, 6.07) is 19.9. The molecule has 0 bridgehead atoms. The number of nitriles is 1. The molecule has 3 rings (SSSR count). The van der Waals surface area contributed by atoms with Crippen molar-refractivity contribution in [3.63, 3.8) is 0 Å². The number of aromatic nitrogens is 1. The van der Waals surface area contributed by atoms with Crippen molar-refractivity contribution in [2.45, 2.75) is 0 Å². The van der Waals surface area contributed by atoms with E-state index in [1.165, 1.54) is 6.07 Å². The van der Waals surface area contributed by atoms with Crippen LogP contribution in [0.1, 0.15) is 21.6 Å². The van der Waals surface area contributed by atoms with Crippen molar-refractivity contribution in [3.05, 3.63) is 88.2 Å². The molecule has 25 heavy (non-hydrogen) atoms. The molecule has 0 amide bonds. The van der Waals surface area contributed by atoms with Crippen molar-refractivity contribution < 1.29 is 9.90 Å². The van der Waals surface area contributed by atoms with Gasteiger partial charge in [0.15, 0.2) is 0 Å². The van der Waals surface area contributed by atoms with Crippen LogP contribution < -0.4 is 5.11 Å². The number of hydrogen-bond donors (Lipinski definition) is 0. The first-order valence-corrected chi connectivity index (χ1v) is 8.24. The molecular weight excluding hydrogens is 380 g/mol. The minimum atomic E-state index is -1.22. The van der Waals surface area contributed by atoms with Gasteiger partial charge in [0.2, 0.25) is 0 Å². The van der Waals surface area contributed by atoms with Gasteiger partial charge < -0.3 is 14.5 Å². The maximum absolute atomic E-state index is 11.1. The molecule has 122 valence electrons. The highest BCUT2D eigenvalue weighted by atomic mass is 79.9. The fraction of sp³-hybridized carbons (Fsp3) is 0. The largest absolute Gasteiger partial charge is 0.545 e. The molecule has 0 N–H and O–H groups in total. The molecule has 0 saturated carbocycles. The molecule has 0 unspecified atom stereocenters. The van der Waals surface area contributed by atoms with E-state index in [4.69, 9.17) is 0 Å². The number of carbonyl (C=O) groups is 1. The Kier molecular flexibility index (Phi) is 4.82. The molecule has 0 saturated heterocycles. The minimum absolute atomic E-state index is 0.106. The second kappa shape index (κ2) is 7.20. The predicted octanol–water partition coefficient (Wildman–Crippen LogP) is 3.67. The average molecular weight is 392 g/mol. The monoisotopic (exact) mass is 391 g/mol. The van der Waals surface area contributed by atoms with Gasteiger partial charge in [-0.3, -0.25) is 0 Å². The van der Waals surface area contributed by atoms with E-state index in [-0.39, 0.29) is 5.56 Å². The number of nitrogens with zero attached hydrogens (tertiary/aromatic N) is 2. The molecule has 0 fully saturated rings. The zero-order valence-corrected chi connectivity index (χ0v) is 14.6. The van der Waals surface area contributed by atoms with E-state index in [1.54, 1.807) is 24.3 Å². The van der Waals surface area contributed by atoms with Gasteiger partial charge in [-0.15, -0.1) is 0 Å². The van der Waals surface area contributed by atoms with Crippen molar-refractivity contribution in [3.8, 4) is 11.8 Å². The van der Waals surface area contributed by atoms with Crippen LogP contribution in [0.15, 0.2) is 71.3 Å². The molecule has 0 atom stereocenters. The molecule has 0 aliphatic rings. The van der Waals surface area contributed by atoms with Crippen molar-refractivity contribution in [2.24, 2.45) is 0 Å². The van der Waals surface area contributed by atoms with Crippen LogP contribution in [0.3, 0.4) is 0 Å². The molecule has 0 radical (unpaired) electrons. The SMILES string of the molecule is N#C/C(=C\c1cccn1-c1cccc(C(=O)[O-])c1)c1ccc(Br)cc1. The quantitative estimate of drug-likeness (QED) is 0.637. The molecule has 2 aromatic carbocycles. The van der Waals surface area contributed by atoms with Crippen molar-refractivity contribution in [1.82, 2.24) is 4.57 Å². The molecule has 1 aromatic heterocycles. The van der Waals surface area contributed by atoms with Crippen LogP contribution in [0.2, 0.25) is 0 Å². The fourth-order valence-electron chi connectivity index (χ4n) is 2.49. The summed E-state index contributed by atoms with van der Waals surface area (Å²) < 4.78 is 2.76. The molecule has 3 aromatic rings. The lowest BCUT2D eigenvalue weighted by molar-refractivity contribution is -0.255. The Morgan fingerprint density at radius 1 is 1.08 bits per heavy atom. The Hall–Kier alpha value is -3.10. The summed E-state index contributed by atoms with van der Waals surface area (Å²) in [6.45, 7) is 0. The van der Waals surface area contributed by atoms with Crippen LogP contribution in [-0.4, -0.2) is 10.5 Å². The second-order valence-electron chi connectivity index (χ2n) is 5.32. The van der Waals surface area contributed by atoms with Crippen LogP contribution in [0, 0.1) is 11.3 Å². The van der Waals surface area contributed by atoms with Gasteiger partial charge in [0, 0.05) is 22.1 Å². The van der Waals surface area contributed by atoms with Crippen molar-refractivity contribution in [1.29, 1.82) is 5.26 Å². The summed E-state index contributed by atoms with van der Waals surface area (Å²) in [6.07, 6.45) is 3.59. The van der Waals surface area contributed by atoms with Gasteiger partial charge in [-0.2, -0.15) is 5.26 Å². The summed E-state index contributed by atoms with van der Waals surface area (Å²) in [4.78, 5) is 11.1. The summed E-state index contributed by atoms with van der Waals surface area (Å²) in [5.74, 6) is -1.22. The third kappa shape index (κ3) is 3.70. The van der Waals surface area contributed by atoms with Crippen LogP contribution in [0.5, 0.6) is 0 Å². The molecule has 4 nitrogen and oxygen atoms in total. The Morgan fingerprint density at radius 2 is 1.84 bits per heavy atom. The maximum Gasteiger partial charge on any atom is 0.0998 e. The number of carboxylic acid groups (broad SMARTS) is 1. The number of hydrogen-bond acceptors (Lipinski definition) is 3. The van der Waals surface area contributed by atoms with Crippen LogP contribution in [0.4, 0.5) is 0 Å². The number of halogens is 1. The molecule has 0 aliphatic heterocycles. The van der Waals surface area contributed by atoms with Gasteiger partial charge in [0.25, 0.3) is 0 Å². The van der Waals surface area contributed by atoms with Crippen molar-refractivity contribution in [2.75, 3.05) is 0 Å². The first kappa shape index (κ1) is 16.7. The number of benzene rings is 2. The van der Waals surface area contributed by atoms with Gasteiger partial charge in [-0.25, -0.2) is 0 Å². The van der Waals surface area contributed by atoms with E-state index >= 15 is 0 Å². The van der Waals surface area contributed by atoms with E-state index in [9.17, 15) is 15.2 Å². The Balaban J connectivity index is 2.04. The van der Waals surface area contributed by atoms with Crippen LogP contribution in [-0.2, 0) is 0 Å². The zero-order valence-electron chi connectivity index (χ0n) is 13.0. The molecule has 1 heterocycles. The average Bonchev–Trinajstić information content (AvgIpc) is 3.09. The fourth-order valence-corrected chi connectivity index (χ4v) is 2.75. The summed E-state index contributed by atoms with van der Waals surface area (Å²) in [7, 11) is 0. The van der Waals surface area contributed by atoms with Crippen LogP contribution >= 0.6 is 15.9 Å². The highest BCUT2D eigenvalue weighted by Gasteiger charge is 2.06. The third-order valence-corrected chi connectivity index (χ3v) is 4.24. The smallest absolute Gasteiger partial charge is 0.0998 e. The van der Waals surface area contributed by atoms with Crippen LogP contribution in [0.25, 0.3) is 17.3 Å².